The first-order valence-corrected chi connectivity index (χ1v) is 5.82. The van der Waals surface area contributed by atoms with Crippen LogP contribution in [0.5, 0.6) is 0 Å². The average molecular weight is 237 g/mol. The van der Waals surface area contributed by atoms with Crippen LogP contribution in [0.2, 0.25) is 0 Å². The van der Waals surface area contributed by atoms with Crippen molar-refractivity contribution >= 4 is 11.7 Å². The number of hydrogen-bond acceptors (Lipinski definition) is 4. The lowest BCUT2D eigenvalue weighted by atomic mass is 10.2. The van der Waals surface area contributed by atoms with Gasteiger partial charge in [0.25, 0.3) is 5.91 Å². The van der Waals surface area contributed by atoms with Crippen molar-refractivity contribution in [2.24, 2.45) is 12.8 Å². The number of nitrogens with one attached hydrogen (secondary N) is 1. The molecule has 2 rings (SSSR count). The second-order valence-electron chi connectivity index (χ2n) is 4.57. The van der Waals surface area contributed by atoms with Gasteiger partial charge in [0.2, 0.25) is 0 Å². The van der Waals surface area contributed by atoms with Gasteiger partial charge in [-0.05, 0) is 13.8 Å². The number of carbonyl (C=O) groups is 1. The van der Waals surface area contributed by atoms with Crippen molar-refractivity contribution in [2.75, 3.05) is 24.5 Å². The van der Waals surface area contributed by atoms with Gasteiger partial charge in [-0.15, -0.1) is 0 Å². The Hall–Kier alpha value is -1.56. The van der Waals surface area contributed by atoms with Crippen LogP contribution in [-0.4, -0.2) is 41.4 Å². The summed E-state index contributed by atoms with van der Waals surface area (Å²) in [5.74, 6) is 0.431. The van der Waals surface area contributed by atoms with Gasteiger partial charge in [0.1, 0.15) is 11.4 Å². The highest BCUT2D eigenvalue weighted by Gasteiger charge is 2.25. The summed E-state index contributed by atoms with van der Waals surface area (Å²) in [5.41, 5.74) is 6.67. The Morgan fingerprint density at radius 3 is 2.88 bits per heavy atom. The SMILES string of the molecule is Cc1nn(C)c(N2CCN[C@@H](C)C2)c1C(N)=O. The molecule has 6 nitrogen and oxygen atoms in total. The second-order valence-corrected chi connectivity index (χ2v) is 4.57. The van der Waals surface area contributed by atoms with Crippen molar-refractivity contribution in [3.63, 3.8) is 0 Å². The number of aromatic nitrogens is 2. The van der Waals surface area contributed by atoms with Gasteiger partial charge in [0, 0.05) is 32.7 Å². The Bertz CT molecular complexity index is 439. The number of aryl methyl sites for hydroxylation is 2. The maximum Gasteiger partial charge on any atom is 0.254 e. The Morgan fingerprint density at radius 2 is 2.29 bits per heavy atom. The van der Waals surface area contributed by atoms with Crippen LogP contribution in [0.3, 0.4) is 0 Å². The molecule has 1 fully saturated rings. The van der Waals surface area contributed by atoms with Gasteiger partial charge in [-0.25, -0.2) is 0 Å². The Labute approximate surface area is 101 Å². The Balaban J connectivity index is 2.40. The maximum atomic E-state index is 11.5. The summed E-state index contributed by atoms with van der Waals surface area (Å²) >= 11 is 0. The first-order chi connectivity index (χ1) is 8.00. The molecule has 0 bridgehead atoms. The van der Waals surface area contributed by atoms with Crippen LogP contribution in [0.25, 0.3) is 0 Å². The van der Waals surface area contributed by atoms with Crippen LogP contribution in [0.1, 0.15) is 23.0 Å². The molecule has 2 heterocycles. The quantitative estimate of drug-likeness (QED) is 0.735. The summed E-state index contributed by atoms with van der Waals surface area (Å²) in [7, 11) is 1.85. The highest BCUT2D eigenvalue weighted by Crippen LogP contribution is 2.23. The number of primary amides is 1. The van der Waals surface area contributed by atoms with E-state index in [1.165, 1.54) is 0 Å². The van der Waals surface area contributed by atoms with Crippen LogP contribution >= 0.6 is 0 Å². The molecule has 1 aromatic rings. The number of rotatable bonds is 2. The zero-order valence-electron chi connectivity index (χ0n) is 10.5. The molecular formula is C11H19N5O. The third-order valence-electron chi connectivity index (χ3n) is 3.11. The lowest BCUT2D eigenvalue weighted by Gasteiger charge is -2.33. The fourth-order valence-electron chi connectivity index (χ4n) is 2.42. The largest absolute Gasteiger partial charge is 0.365 e. The normalized spacial score (nSPS) is 20.6. The molecule has 3 N–H and O–H groups in total. The standard InChI is InChI=1S/C11H19N5O/c1-7-6-16(5-4-13-7)11-9(10(12)17)8(2)14-15(11)3/h7,13H,4-6H2,1-3H3,(H2,12,17)/t7-/m0/s1. The minimum Gasteiger partial charge on any atom is -0.365 e. The van der Waals surface area contributed by atoms with Gasteiger partial charge in [-0.2, -0.15) is 5.10 Å². The summed E-state index contributed by atoms with van der Waals surface area (Å²) in [6.07, 6.45) is 0. The van der Waals surface area contributed by atoms with Crippen LogP contribution in [-0.2, 0) is 7.05 Å². The topological polar surface area (TPSA) is 76.2 Å². The first-order valence-electron chi connectivity index (χ1n) is 5.82. The van der Waals surface area contributed by atoms with Crippen LogP contribution in [0.4, 0.5) is 5.82 Å². The highest BCUT2D eigenvalue weighted by atomic mass is 16.1. The fourth-order valence-corrected chi connectivity index (χ4v) is 2.42. The van der Waals surface area contributed by atoms with E-state index in [0.29, 0.717) is 17.3 Å². The van der Waals surface area contributed by atoms with Crippen molar-refractivity contribution in [1.82, 2.24) is 15.1 Å². The van der Waals surface area contributed by atoms with Crippen molar-refractivity contribution in [1.29, 1.82) is 0 Å². The van der Waals surface area contributed by atoms with E-state index in [2.05, 4.69) is 22.2 Å². The van der Waals surface area contributed by atoms with Crippen LogP contribution < -0.4 is 16.0 Å². The van der Waals surface area contributed by atoms with Crippen molar-refractivity contribution in [3.8, 4) is 0 Å². The maximum absolute atomic E-state index is 11.5. The number of amides is 1. The fraction of sp³-hybridized carbons (Fsp3) is 0.636. The van der Waals surface area contributed by atoms with Crippen LogP contribution in [0.15, 0.2) is 0 Å². The molecule has 1 atom stereocenters. The van der Waals surface area contributed by atoms with Crippen molar-refractivity contribution < 1.29 is 4.79 Å². The summed E-state index contributed by atoms with van der Waals surface area (Å²) in [6, 6.07) is 0.402. The molecule has 1 aliphatic heterocycles. The summed E-state index contributed by atoms with van der Waals surface area (Å²) in [5, 5.41) is 7.66. The number of hydrogen-bond donors (Lipinski definition) is 2. The van der Waals surface area contributed by atoms with E-state index in [1.807, 2.05) is 14.0 Å². The lowest BCUT2D eigenvalue weighted by molar-refractivity contribution is 0.1000. The smallest absolute Gasteiger partial charge is 0.254 e. The predicted molar refractivity (Wildman–Crippen MR) is 66.1 cm³/mol. The monoisotopic (exact) mass is 237 g/mol. The third kappa shape index (κ3) is 2.12. The van der Waals surface area contributed by atoms with Gasteiger partial charge in [0.15, 0.2) is 0 Å². The van der Waals surface area contributed by atoms with E-state index in [0.717, 1.165) is 25.5 Å². The van der Waals surface area contributed by atoms with Gasteiger partial charge in [-0.1, -0.05) is 0 Å². The zero-order valence-corrected chi connectivity index (χ0v) is 10.5. The molecule has 0 aromatic carbocycles. The summed E-state index contributed by atoms with van der Waals surface area (Å²) < 4.78 is 1.74. The van der Waals surface area contributed by atoms with E-state index < -0.39 is 5.91 Å². The van der Waals surface area contributed by atoms with Gasteiger partial charge in [0.05, 0.1) is 5.69 Å². The molecule has 1 saturated heterocycles. The molecule has 0 saturated carbocycles. The number of nitrogens with two attached hydrogens (primary N) is 1. The molecule has 0 aliphatic carbocycles. The highest BCUT2D eigenvalue weighted by molar-refractivity contribution is 5.99. The Kier molecular flexibility index (Phi) is 3.06. The second kappa shape index (κ2) is 4.37. The number of anilines is 1. The molecule has 0 unspecified atom stereocenters. The minimum absolute atomic E-state index is 0.402. The average Bonchev–Trinajstić information content (AvgIpc) is 2.53. The minimum atomic E-state index is -0.406. The van der Waals surface area contributed by atoms with Gasteiger partial charge < -0.3 is 16.0 Å². The summed E-state index contributed by atoms with van der Waals surface area (Å²) in [6.45, 7) is 6.57. The number of piperazine rings is 1. The molecule has 0 spiro atoms. The first kappa shape index (κ1) is 11.9. The predicted octanol–water partition coefficient (Wildman–Crippen LogP) is -0.374. The lowest BCUT2D eigenvalue weighted by Crippen LogP contribution is -2.50. The molecule has 1 aliphatic rings. The van der Waals surface area contributed by atoms with E-state index in [-0.39, 0.29) is 0 Å². The zero-order chi connectivity index (χ0) is 12.6. The molecule has 1 amide bonds. The van der Waals surface area contributed by atoms with Crippen molar-refractivity contribution in [3.05, 3.63) is 11.3 Å². The van der Waals surface area contributed by atoms with E-state index >= 15 is 0 Å². The van der Waals surface area contributed by atoms with Gasteiger partial charge >= 0.3 is 0 Å². The third-order valence-corrected chi connectivity index (χ3v) is 3.11. The number of carbonyl (C=O) groups excluding carboxylic acids is 1. The van der Waals surface area contributed by atoms with Gasteiger partial charge in [-0.3, -0.25) is 9.48 Å². The molecule has 1 aromatic heterocycles. The molecular weight excluding hydrogens is 218 g/mol. The van der Waals surface area contributed by atoms with Crippen LogP contribution in [0, 0.1) is 6.92 Å². The Morgan fingerprint density at radius 1 is 1.59 bits per heavy atom. The van der Waals surface area contributed by atoms with Crippen molar-refractivity contribution in [2.45, 2.75) is 19.9 Å². The molecule has 94 valence electrons. The molecule has 0 radical (unpaired) electrons. The molecule has 17 heavy (non-hydrogen) atoms. The van der Waals surface area contributed by atoms with E-state index in [1.54, 1.807) is 4.68 Å². The number of nitrogens with zero attached hydrogens (tertiary/aromatic N) is 3. The summed E-state index contributed by atoms with van der Waals surface area (Å²) in [4.78, 5) is 13.7. The van der Waals surface area contributed by atoms with E-state index in [9.17, 15) is 4.79 Å². The molecule has 6 heteroatoms. The van der Waals surface area contributed by atoms with E-state index in [4.69, 9.17) is 5.73 Å².